The van der Waals surface area contributed by atoms with Gasteiger partial charge >= 0.3 is 11.9 Å². The lowest BCUT2D eigenvalue weighted by Crippen LogP contribution is -2.32. The molecule has 0 N–H and O–H groups in total. The van der Waals surface area contributed by atoms with Gasteiger partial charge in [-0.25, -0.2) is 0 Å². The van der Waals surface area contributed by atoms with E-state index in [4.69, 9.17) is 0 Å². The Kier molecular flexibility index (Phi) is 6.08. The van der Waals surface area contributed by atoms with Crippen LogP contribution in [-0.4, -0.2) is 51.1 Å². The van der Waals surface area contributed by atoms with Gasteiger partial charge in [-0.05, 0) is 0 Å². The van der Waals surface area contributed by atoms with Gasteiger partial charge in [-0.2, -0.15) is 0 Å². The zero-order chi connectivity index (χ0) is 11.8. The van der Waals surface area contributed by atoms with E-state index in [9.17, 15) is 14.4 Å². The Balaban J connectivity index is 4.37. The monoisotopic (exact) mass is 217 g/mol. The smallest absolute Gasteiger partial charge is 0.311 e. The molecule has 0 aliphatic rings. The lowest BCUT2D eigenvalue weighted by molar-refractivity contribution is -0.152. The third-order valence-electron chi connectivity index (χ3n) is 1.86. The highest BCUT2D eigenvalue weighted by molar-refractivity contribution is 5.80. The minimum atomic E-state index is -0.683. The molecule has 1 amide bonds. The number of hydrogen-bond acceptors (Lipinski definition) is 5. The van der Waals surface area contributed by atoms with Crippen LogP contribution in [0.4, 0.5) is 0 Å². The second-order valence-corrected chi connectivity index (χ2v) is 3.05. The van der Waals surface area contributed by atoms with Crippen molar-refractivity contribution in [3.8, 4) is 0 Å². The fourth-order valence-electron chi connectivity index (χ4n) is 1.06. The molecule has 0 aromatic carbocycles. The summed E-state index contributed by atoms with van der Waals surface area (Å²) >= 11 is 0. The van der Waals surface area contributed by atoms with E-state index < -0.39 is 17.9 Å². The van der Waals surface area contributed by atoms with Gasteiger partial charge in [0.25, 0.3) is 0 Å². The van der Waals surface area contributed by atoms with E-state index in [1.54, 1.807) is 0 Å². The van der Waals surface area contributed by atoms with Crippen LogP contribution in [0.1, 0.15) is 6.42 Å². The van der Waals surface area contributed by atoms with E-state index in [0.29, 0.717) is 6.41 Å². The maximum Gasteiger partial charge on any atom is 0.311 e. The predicted octanol–water partition coefficient (Wildman–Crippen LogP) is -0.573. The number of methoxy groups -OCH3 is 2. The van der Waals surface area contributed by atoms with Crippen molar-refractivity contribution >= 4 is 18.3 Å². The first-order chi connectivity index (χ1) is 7.04. The molecular formula is C9H15NO5. The molecule has 0 saturated heterocycles. The third-order valence-corrected chi connectivity index (χ3v) is 1.86. The molecule has 0 saturated carbocycles. The second kappa shape index (κ2) is 6.80. The fourth-order valence-corrected chi connectivity index (χ4v) is 1.06. The Bertz CT molecular complexity index is 241. The van der Waals surface area contributed by atoms with Crippen molar-refractivity contribution < 1.29 is 23.9 Å². The molecule has 0 aliphatic carbocycles. The van der Waals surface area contributed by atoms with Crippen LogP contribution >= 0.6 is 0 Å². The molecule has 0 spiro atoms. The highest BCUT2D eigenvalue weighted by atomic mass is 16.5. The number of ether oxygens (including phenoxy) is 2. The molecule has 0 aromatic heterocycles. The largest absolute Gasteiger partial charge is 0.469 e. The van der Waals surface area contributed by atoms with E-state index in [2.05, 4.69) is 9.47 Å². The molecule has 0 unspecified atom stereocenters. The van der Waals surface area contributed by atoms with Gasteiger partial charge < -0.3 is 14.4 Å². The first-order valence-corrected chi connectivity index (χ1v) is 4.35. The number of rotatable bonds is 6. The Morgan fingerprint density at radius 3 is 2.33 bits per heavy atom. The molecule has 0 bridgehead atoms. The van der Waals surface area contributed by atoms with E-state index in [-0.39, 0.29) is 13.0 Å². The van der Waals surface area contributed by atoms with Gasteiger partial charge in [-0.1, -0.05) is 0 Å². The Morgan fingerprint density at radius 1 is 1.33 bits per heavy atom. The van der Waals surface area contributed by atoms with Crippen LogP contribution < -0.4 is 0 Å². The van der Waals surface area contributed by atoms with E-state index >= 15 is 0 Å². The lowest BCUT2D eigenvalue weighted by atomic mass is 10.1. The first kappa shape index (κ1) is 13.4. The summed E-state index contributed by atoms with van der Waals surface area (Å²) in [6, 6.07) is 0. The Morgan fingerprint density at radius 2 is 1.93 bits per heavy atom. The van der Waals surface area contributed by atoms with Crippen molar-refractivity contribution in [2.45, 2.75) is 6.42 Å². The minimum absolute atomic E-state index is 0.0959. The molecule has 1 atom stereocenters. The van der Waals surface area contributed by atoms with Crippen molar-refractivity contribution in [2.75, 3.05) is 27.8 Å². The maximum absolute atomic E-state index is 11.2. The van der Waals surface area contributed by atoms with Crippen molar-refractivity contribution in [2.24, 2.45) is 5.92 Å². The van der Waals surface area contributed by atoms with Gasteiger partial charge in [0.2, 0.25) is 6.41 Å². The first-order valence-electron chi connectivity index (χ1n) is 4.35. The lowest BCUT2D eigenvalue weighted by Gasteiger charge is -2.17. The summed E-state index contributed by atoms with van der Waals surface area (Å²) < 4.78 is 8.95. The van der Waals surface area contributed by atoms with Gasteiger partial charge in [-0.3, -0.25) is 14.4 Å². The summed E-state index contributed by atoms with van der Waals surface area (Å²) in [6.07, 6.45) is 0.481. The number of carbonyl (C=O) groups is 3. The van der Waals surface area contributed by atoms with Crippen LogP contribution in [0.15, 0.2) is 0 Å². The molecule has 0 aliphatic heterocycles. The zero-order valence-corrected chi connectivity index (χ0v) is 9.06. The average Bonchev–Trinajstić information content (AvgIpc) is 2.26. The summed E-state index contributed by atoms with van der Waals surface area (Å²) in [5.74, 6) is -1.73. The van der Waals surface area contributed by atoms with Crippen LogP contribution in [0, 0.1) is 5.92 Å². The molecule has 86 valence electrons. The summed E-state index contributed by atoms with van der Waals surface area (Å²) in [5, 5.41) is 0. The maximum atomic E-state index is 11.2. The molecule has 0 fully saturated rings. The highest BCUT2D eigenvalue weighted by Crippen LogP contribution is 2.07. The van der Waals surface area contributed by atoms with Crippen molar-refractivity contribution in [1.82, 2.24) is 4.90 Å². The molecule has 0 heterocycles. The van der Waals surface area contributed by atoms with E-state index in [0.717, 1.165) is 0 Å². The SMILES string of the molecule is COC(=O)C[C@@H](CN(C)C=O)C(=O)OC. The van der Waals surface area contributed by atoms with Gasteiger partial charge in [-0.15, -0.1) is 0 Å². The molecule has 15 heavy (non-hydrogen) atoms. The highest BCUT2D eigenvalue weighted by Gasteiger charge is 2.24. The number of carbonyl (C=O) groups excluding carboxylic acids is 3. The van der Waals surface area contributed by atoms with Crippen molar-refractivity contribution in [3.05, 3.63) is 0 Å². The van der Waals surface area contributed by atoms with Crippen LogP contribution in [-0.2, 0) is 23.9 Å². The van der Waals surface area contributed by atoms with Crippen LogP contribution in [0.3, 0.4) is 0 Å². The van der Waals surface area contributed by atoms with Gasteiger partial charge in [0, 0.05) is 13.6 Å². The van der Waals surface area contributed by atoms with E-state index in [1.807, 2.05) is 0 Å². The summed E-state index contributed by atoms with van der Waals surface area (Å²) in [6.45, 7) is 0.130. The molecule has 0 aromatic rings. The quantitative estimate of drug-likeness (QED) is 0.440. The third kappa shape index (κ3) is 4.99. The molecule has 0 radical (unpaired) electrons. The molecular weight excluding hydrogens is 202 g/mol. The molecule has 6 heteroatoms. The van der Waals surface area contributed by atoms with Gasteiger partial charge in [0.15, 0.2) is 0 Å². The van der Waals surface area contributed by atoms with Crippen molar-refractivity contribution in [3.63, 3.8) is 0 Å². The number of hydrogen-bond donors (Lipinski definition) is 0. The summed E-state index contributed by atoms with van der Waals surface area (Å²) in [4.78, 5) is 33.9. The standard InChI is InChI=1S/C9H15NO5/c1-10(6-11)5-7(9(13)15-3)4-8(12)14-2/h6-7H,4-5H2,1-3H3/t7-/m0/s1. The fraction of sp³-hybridized carbons (Fsp3) is 0.667. The Labute approximate surface area is 88.1 Å². The number of amides is 1. The zero-order valence-electron chi connectivity index (χ0n) is 9.06. The Hall–Kier alpha value is -1.59. The van der Waals surface area contributed by atoms with Crippen molar-refractivity contribution in [1.29, 1.82) is 0 Å². The summed E-state index contributed by atoms with van der Waals surface area (Å²) in [7, 11) is 3.98. The summed E-state index contributed by atoms with van der Waals surface area (Å²) in [5.41, 5.74) is 0. The minimum Gasteiger partial charge on any atom is -0.469 e. The average molecular weight is 217 g/mol. The van der Waals surface area contributed by atoms with Crippen LogP contribution in [0.2, 0.25) is 0 Å². The number of nitrogens with zero attached hydrogens (tertiary/aromatic N) is 1. The van der Waals surface area contributed by atoms with Crippen LogP contribution in [0.5, 0.6) is 0 Å². The van der Waals surface area contributed by atoms with E-state index in [1.165, 1.54) is 26.2 Å². The van der Waals surface area contributed by atoms with Gasteiger partial charge in [0.05, 0.1) is 26.6 Å². The van der Waals surface area contributed by atoms with Crippen LogP contribution in [0.25, 0.3) is 0 Å². The van der Waals surface area contributed by atoms with Gasteiger partial charge in [0.1, 0.15) is 0 Å². The molecule has 0 rings (SSSR count). The number of esters is 2. The topological polar surface area (TPSA) is 72.9 Å². The predicted molar refractivity (Wildman–Crippen MR) is 50.8 cm³/mol. The normalized spacial score (nSPS) is 11.4. The molecule has 6 nitrogen and oxygen atoms in total. The second-order valence-electron chi connectivity index (χ2n) is 3.05.